The van der Waals surface area contributed by atoms with Crippen molar-refractivity contribution >= 4 is 17.4 Å². The van der Waals surface area contributed by atoms with Gasteiger partial charge in [0, 0.05) is 23.7 Å². The van der Waals surface area contributed by atoms with Crippen molar-refractivity contribution in [3.8, 4) is 0 Å². The van der Waals surface area contributed by atoms with Crippen molar-refractivity contribution in [1.29, 1.82) is 0 Å². The van der Waals surface area contributed by atoms with Crippen molar-refractivity contribution in [2.45, 2.75) is 32.7 Å². The number of aromatic nitrogens is 2. The van der Waals surface area contributed by atoms with Crippen LogP contribution < -0.4 is 5.32 Å². The molecule has 0 spiro atoms. The summed E-state index contributed by atoms with van der Waals surface area (Å²) in [5, 5.41) is 3.28. The van der Waals surface area contributed by atoms with Gasteiger partial charge in [-0.1, -0.05) is 6.92 Å². The third-order valence-corrected chi connectivity index (χ3v) is 2.24. The van der Waals surface area contributed by atoms with Gasteiger partial charge in [-0.15, -0.1) is 11.6 Å². The van der Waals surface area contributed by atoms with Crippen LogP contribution in [0, 0.1) is 0 Å². The lowest BCUT2D eigenvalue weighted by Crippen LogP contribution is -2.16. The lowest BCUT2D eigenvalue weighted by atomic mass is 10.2. The molecule has 0 bridgehead atoms. The van der Waals surface area contributed by atoms with E-state index in [1.807, 2.05) is 6.07 Å². The van der Waals surface area contributed by atoms with Crippen molar-refractivity contribution in [1.82, 2.24) is 9.97 Å². The summed E-state index contributed by atoms with van der Waals surface area (Å²) < 4.78 is 0. The minimum Gasteiger partial charge on any atom is -0.367 e. The maximum atomic E-state index is 5.65. The van der Waals surface area contributed by atoms with Gasteiger partial charge in [-0.3, -0.25) is 0 Å². The number of hydrogen-bond acceptors (Lipinski definition) is 3. The molecule has 0 fully saturated rings. The lowest BCUT2D eigenvalue weighted by molar-refractivity contribution is 0.762. The molecule has 78 valence electrons. The first-order chi connectivity index (χ1) is 6.76. The molecule has 0 aliphatic heterocycles. The van der Waals surface area contributed by atoms with Crippen LogP contribution in [0.15, 0.2) is 12.4 Å². The average Bonchev–Trinajstić information content (AvgIpc) is 2.18. The maximum absolute atomic E-state index is 5.65. The molecule has 0 radical (unpaired) electrons. The fourth-order valence-corrected chi connectivity index (χ4v) is 1.49. The molecule has 1 heterocycles. The van der Waals surface area contributed by atoms with Crippen LogP contribution in [0.5, 0.6) is 0 Å². The van der Waals surface area contributed by atoms with Gasteiger partial charge in [0.15, 0.2) is 0 Å². The van der Waals surface area contributed by atoms with E-state index >= 15 is 0 Å². The topological polar surface area (TPSA) is 37.8 Å². The van der Waals surface area contributed by atoms with Gasteiger partial charge in [0.05, 0.1) is 0 Å². The molecule has 1 rings (SSSR count). The first-order valence-electron chi connectivity index (χ1n) is 4.89. The molecule has 0 aliphatic rings. The van der Waals surface area contributed by atoms with Crippen LogP contribution in [0.2, 0.25) is 0 Å². The van der Waals surface area contributed by atoms with Gasteiger partial charge in [0.1, 0.15) is 12.1 Å². The van der Waals surface area contributed by atoms with Gasteiger partial charge < -0.3 is 5.32 Å². The predicted octanol–water partition coefficient (Wildman–Crippen LogP) is 2.47. The summed E-state index contributed by atoms with van der Waals surface area (Å²) in [6.07, 6.45) is 3.46. The Morgan fingerprint density at radius 3 is 2.93 bits per heavy atom. The number of nitrogens with zero attached hydrogens (tertiary/aromatic N) is 2. The highest BCUT2D eigenvalue weighted by atomic mass is 35.5. The minimum atomic E-state index is 0.354. The molecular weight excluding hydrogens is 198 g/mol. The van der Waals surface area contributed by atoms with E-state index in [9.17, 15) is 0 Å². The van der Waals surface area contributed by atoms with Crippen LogP contribution >= 0.6 is 11.6 Å². The molecule has 3 nitrogen and oxygen atoms in total. The smallest absolute Gasteiger partial charge is 0.129 e. The SMILES string of the molecule is CCc1cc(NC(C)CCCl)ncn1. The second-order valence-corrected chi connectivity index (χ2v) is 3.65. The van der Waals surface area contributed by atoms with Crippen LogP contribution in [0.1, 0.15) is 26.0 Å². The molecule has 0 saturated heterocycles. The second-order valence-electron chi connectivity index (χ2n) is 3.27. The molecule has 1 unspecified atom stereocenters. The monoisotopic (exact) mass is 213 g/mol. The van der Waals surface area contributed by atoms with Crippen LogP contribution in [0.3, 0.4) is 0 Å². The lowest BCUT2D eigenvalue weighted by Gasteiger charge is -2.12. The largest absolute Gasteiger partial charge is 0.367 e. The standard InChI is InChI=1S/C10H16ClN3/c1-3-9-6-10(13-7-12-9)14-8(2)4-5-11/h6-8H,3-5H2,1-2H3,(H,12,13,14). The highest BCUT2D eigenvalue weighted by Crippen LogP contribution is 2.07. The second kappa shape index (κ2) is 5.81. The van der Waals surface area contributed by atoms with E-state index in [2.05, 4.69) is 29.1 Å². The zero-order valence-electron chi connectivity index (χ0n) is 8.63. The normalized spacial score (nSPS) is 12.5. The quantitative estimate of drug-likeness (QED) is 0.764. The summed E-state index contributed by atoms with van der Waals surface area (Å²) in [5.74, 6) is 1.55. The summed E-state index contributed by atoms with van der Waals surface area (Å²) in [6, 6.07) is 2.33. The van der Waals surface area contributed by atoms with Crippen molar-refractivity contribution in [2.75, 3.05) is 11.2 Å². The molecule has 14 heavy (non-hydrogen) atoms. The minimum absolute atomic E-state index is 0.354. The molecule has 0 aromatic carbocycles. The first kappa shape index (κ1) is 11.2. The Labute approximate surface area is 89.9 Å². The fraction of sp³-hybridized carbons (Fsp3) is 0.600. The molecule has 0 saturated carbocycles. The first-order valence-corrected chi connectivity index (χ1v) is 5.43. The van der Waals surface area contributed by atoms with E-state index in [4.69, 9.17) is 11.6 Å². The van der Waals surface area contributed by atoms with E-state index in [1.165, 1.54) is 0 Å². The number of rotatable bonds is 5. The Balaban J connectivity index is 2.57. The van der Waals surface area contributed by atoms with Crippen molar-refractivity contribution in [3.63, 3.8) is 0 Å². The highest BCUT2D eigenvalue weighted by Gasteiger charge is 2.02. The van der Waals surface area contributed by atoms with E-state index in [0.717, 1.165) is 24.4 Å². The highest BCUT2D eigenvalue weighted by molar-refractivity contribution is 6.17. The Kier molecular flexibility index (Phi) is 4.66. The van der Waals surface area contributed by atoms with E-state index in [0.29, 0.717) is 11.9 Å². The molecule has 0 amide bonds. The van der Waals surface area contributed by atoms with Gasteiger partial charge in [0.2, 0.25) is 0 Å². The number of anilines is 1. The molecule has 1 N–H and O–H groups in total. The van der Waals surface area contributed by atoms with Crippen molar-refractivity contribution < 1.29 is 0 Å². The predicted molar refractivity (Wildman–Crippen MR) is 59.8 cm³/mol. The van der Waals surface area contributed by atoms with Gasteiger partial charge >= 0.3 is 0 Å². The summed E-state index contributed by atoms with van der Waals surface area (Å²) in [7, 11) is 0. The van der Waals surface area contributed by atoms with Crippen LogP contribution in [0.25, 0.3) is 0 Å². The zero-order valence-corrected chi connectivity index (χ0v) is 9.38. The maximum Gasteiger partial charge on any atom is 0.129 e. The number of alkyl halides is 1. The number of nitrogens with one attached hydrogen (secondary N) is 1. The zero-order chi connectivity index (χ0) is 10.4. The number of hydrogen-bond donors (Lipinski definition) is 1. The van der Waals surface area contributed by atoms with Crippen LogP contribution in [-0.4, -0.2) is 21.9 Å². The molecule has 0 aliphatic carbocycles. The van der Waals surface area contributed by atoms with Crippen LogP contribution in [0.4, 0.5) is 5.82 Å². The number of halogens is 1. The van der Waals surface area contributed by atoms with Crippen LogP contribution in [-0.2, 0) is 6.42 Å². The van der Waals surface area contributed by atoms with Gasteiger partial charge in [0.25, 0.3) is 0 Å². The molecule has 1 aromatic heterocycles. The summed E-state index contributed by atoms with van der Waals surface area (Å²) in [5.41, 5.74) is 1.06. The summed E-state index contributed by atoms with van der Waals surface area (Å²) in [6.45, 7) is 4.17. The van der Waals surface area contributed by atoms with E-state index < -0.39 is 0 Å². The van der Waals surface area contributed by atoms with E-state index in [-0.39, 0.29) is 0 Å². The molecule has 4 heteroatoms. The Morgan fingerprint density at radius 2 is 2.29 bits per heavy atom. The summed E-state index contributed by atoms with van der Waals surface area (Å²) in [4.78, 5) is 8.28. The average molecular weight is 214 g/mol. The Hall–Kier alpha value is -0.830. The fourth-order valence-electron chi connectivity index (χ4n) is 1.16. The third-order valence-electron chi connectivity index (χ3n) is 2.02. The third kappa shape index (κ3) is 3.50. The Bertz CT molecular complexity index is 278. The number of aryl methyl sites for hydroxylation is 1. The van der Waals surface area contributed by atoms with Crippen molar-refractivity contribution in [3.05, 3.63) is 18.1 Å². The van der Waals surface area contributed by atoms with Crippen molar-refractivity contribution in [2.24, 2.45) is 0 Å². The van der Waals surface area contributed by atoms with Gasteiger partial charge in [-0.05, 0) is 19.8 Å². The molecule has 1 aromatic rings. The van der Waals surface area contributed by atoms with Gasteiger partial charge in [-0.2, -0.15) is 0 Å². The van der Waals surface area contributed by atoms with E-state index in [1.54, 1.807) is 6.33 Å². The summed E-state index contributed by atoms with van der Waals surface area (Å²) >= 11 is 5.65. The molecular formula is C10H16ClN3. The Morgan fingerprint density at radius 1 is 1.50 bits per heavy atom. The van der Waals surface area contributed by atoms with Gasteiger partial charge in [-0.25, -0.2) is 9.97 Å². The molecule has 1 atom stereocenters.